The molecule has 0 saturated carbocycles. The van der Waals surface area contributed by atoms with Crippen LogP contribution in [0.4, 0.5) is 0 Å². The Labute approximate surface area is 158 Å². The number of aromatic nitrogens is 1. The summed E-state index contributed by atoms with van der Waals surface area (Å²) >= 11 is 6.99. The van der Waals surface area contributed by atoms with E-state index in [0.29, 0.717) is 27.1 Å². The largest absolute Gasteiger partial charge is 0.307 e. The maximum Gasteiger partial charge on any atom is 0.197 e. The molecule has 2 heterocycles. The van der Waals surface area contributed by atoms with Crippen LogP contribution < -0.4 is 10.9 Å². The first-order valence-corrected chi connectivity index (χ1v) is 9.26. The number of nitrogens with zero attached hydrogens (tertiary/aromatic N) is 1. The predicted molar refractivity (Wildman–Crippen MR) is 109 cm³/mol. The number of hydrogen-bond acceptors (Lipinski definition) is 2. The monoisotopic (exact) mass is 453 g/mol. The molecule has 0 aliphatic carbocycles. The van der Waals surface area contributed by atoms with E-state index in [0.717, 1.165) is 20.0 Å². The Hall–Kier alpha value is -2.24. The summed E-state index contributed by atoms with van der Waals surface area (Å²) in [5.74, 6) is 0. The van der Waals surface area contributed by atoms with Gasteiger partial charge in [-0.2, -0.15) is 0 Å². The Balaban J connectivity index is 2.33. The average molecular weight is 455 g/mol. The van der Waals surface area contributed by atoms with Gasteiger partial charge in [0.05, 0.1) is 16.6 Å². The average Bonchev–Trinajstić information content (AvgIpc) is 2.60. The van der Waals surface area contributed by atoms with Gasteiger partial charge >= 0.3 is 0 Å². The molecular formula is C20H9Br2NO2. The fraction of sp³-hybridized carbons (Fsp3) is 0. The zero-order valence-electron chi connectivity index (χ0n) is 12.7. The van der Waals surface area contributed by atoms with Gasteiger partial charge in [-0.25, -0.2) is 0 Å². The van der Waals surface area contributed by atoms with Gasteiger partial charge in [-0.15, -0.1) is 0 Å². The molecule has 0 radical (unpaired) electrons. The van der Waals surface area contributed by atoms with Crippen LogP contribution in [-0.2, 0) is 0 Å². The van der Waals surface area contributed by atoms with Crippen LogP contribution in [0.2, 0.25) is 0 Å². The summed E-state index contributed by atoms with van der Waals surface area (Å²) in [6, 6.07) is 16.6. The van der Waals surface area contributed by atoms with E-state index < -0.39 is 0 Å². The molecule has 5 aromatic rings. The first-order valence-electron chi connectivity index (χ1n) is 7.68. The number of para-hydroxylation sites is 1. The molecule has 0 bridgehead atoms. The van der Waals surface area contributed by atoms with Gasteiger partial charge in [0, 0.05) is 30.5 Å². The fourth-order valence-corrected chi connectivity index (χ4v) is 4.27. The van der Waals surface area contributed by atoms with Crippen LogP contribution in [0.15, 0.2) is 73.1 Å². The van der Waals surface area contributed by atoms with Crippen molar-refractivity contribution in [3.05, 3.63) is 84.0 Å². The first-order chi connectivity index (χ1) is 12.1. The Bertz CT molecular complexity index is 1350. The lowest BCUT2D eigenvalue weighted by molar-refractivity contribution is 1.30. The summed E-state index contributed by atoms with van der Waals surface area (Å²) in [6.45, 7) is 0. The van der Waals surface area contributed by atoms with Gasteiger partial charge in [0.15, 0.2) is 10.9 Å². The van der Waals surface area contributed by atoms with Crippen molar-refractivity contribution in [2.45, 2.75) is 0 Å². The number of benzene rings is 3. The summed E-state index contributed by atoms with van der Waals surface area (Å²) < 4.78 is 3.79. The number of pyridine rings is 2. The van der Waals surface area contributed by atoms with Crippen molar-refractivity contribution < 1.29 is 0 Å². The topological polar surface area (TPSA) is 38.5 Å². The molecule has 0 aliphatic rings. The molecule has 0 N–H and O–H groups in total. The van der Waals surface area contributed by atoms with E-state index in [1.54, 1.807) is 18.2 Å². The molecule has 0 aliphatic heterocycles. The molecule has 3 aromatic carbocycles. The van der Waals surface area contributed by atoms with Crippen molar-refractivity contribution in [3.63, 3.8) is 0 Å². The number of rotatable bonds is 0. The highest BCUT2D eigenvalue weighted by molar-refractivity contribution is 9.10. The van der Waals surface area contributed by atoms with Gasteiger partial charge in [0.2, 0.25) is 0 Å². The minimum absolute atomic E-state index is 0.0538. The molecule has 0 fully saturated rings. The summed E-state index contributed by atoms with van der Waals surface area (Å²) in [4.78, 5) is 26.0. The van der Waals surface area contributed by atoms with Gasteiger partial charge in [0.25, 0.3) is 0 Å². The molecule has 2 aromatic heterocycles. The Kier molecular flexibility index (Phi) is 3.09. The van der Waals surface area contributed by atoms with E-state index in [2.05, 4.69) is 31.9 Å². The van der Waals surface area contributed by atoms with Crippen molar-refractivity contribution in [2.75, 3.05) is 0 Å². The minimum Gasteiger partial charge on any atom is -0.307 e. The second-order valence-corrected chi connectivity index (χ2v) is 7.85. The van der Waals surface area contributed by atoms with Crippen LogP contribution in [0.25, 0.3) is 38.1 Å². The lowest BCUT2D eigenvalue weighted by atomic mass is 10.0. The van der Waals surface area contributed by atoms with Crippen molar-refractivity contribution in [1.82, 2.24) is 4.40 Å². The molecule has 5 rings (SSSR count). The third-order valence-corrected chi connectivity index (χ3v) is 5.63. The lowest BCUT2D eigenvalue weighted by Gasteiger charge is -2.14. The highest BCUT2D eigenvalue weighted by Crippen LogP contribution is 2.29. The molecule has 120 valence electrons. The summed E-state index contributed by atoms with van der Waals surface area (Å²) in [5, 5.41) is 2.39. The second-order valence-electron chi connectivity index (χ2n) is 6.02. The van der Waals surface area contributed by atoms with Crippen LogP contribution in [-0.4, -0.2) is 4.40 Å². The molecule has 0 amide bonds. The summed E-state index contributed by atoms with van der Waals surface area (Å²) in [7, 11) is 0. The molecule has 0 saturated heterocycles. The Morgan fingerprint density at radius 1 is 0.640 bits per heavy atom. The Morgan fingerprint density at radius 3 is 1.60 bits per heavy atom. The van der Waals surface area contributed by atoms with Crippen LogP contribution in [0.3, 0.4) is 0 Å². The van der Waals surface area contributed by atoms with Crippen LogP contribution >= 0.6 is 31.9 Å². The normalized spacial score (nSPS) is 11.9. The van der Waals surface area contributed by atoms with Gasteiger partial charge in [-0.1, -0.05) is 37.9 Å². The maximum absolute atomic E-state index is 13.0. The van der Waals surface area contributed by atoms with Gasteiger partial charge in [-0.3, -0.25) is 9.59 Å². The molecule has 3 nitrogen and oxygen atoms in total. The standard InChI is InChI=1S/C20H9Br2NO2/c21-10-4-6-12-16(8-10)23-17-9-11(22)5-7-13(17)20(25)15-3-1-2-14(18(15)23)19(12)24/h1-9H. The number of halogens is 2. The van der Waals surface area contributed by atoms with E-state index in [9.17, 15) is 9.59 Å². The zero-order chi connectivity index (χ0) is 17.3. The van der Waals surface area contributed by atoms with E-state index in [1.165, 1.54) is 0 Å². The van der Waals surface area contributed by atoms with E-state index in [1.807, 2.05) is 40.8 Å². The smallest absolute Gasteiger partial charge is 0.197 e. The van der Waals surface area contributed by atoms with Crippen molar-refractivity contribution in [1.29, 1.82) is 0 Å². The van der Waals surface area contributed by atoms with E-state index in [4.69, 9.17) is 0 Å². The quantitative estimate of drug-likeness (QED) is 0.241. The number of fused-ring (bicyclic) bond motifs is 4. The van der Waals surface area contributed by atoms with E-state index in [-0.39, 0.29) is 10.9 Å². The van der Waals surface area contributed by atoms with Crippen molar-refractivity contribution in [2.24, 2.45) is 0 Å². The van der Waals surface area contributed by atoms with Crippen LogP contribution in [0, 0.1) is 0 Å². The summed E-state index contributed by atoms with van der Waals surface area (Å²) in [6.07, 6.45) is 0. The summed E-state index contributed by atoms with van der Waals surface area (Å²) in [5.41, 5.74) is 2.13. The third kappa shape index (κ3) is 1.96. The van der Waals surface area contributed by atoms with Crippen molar-refractivity contribution >= 4 is 70.0 Å². The van der Waals surface area contributed by atoms with Crippen molar-refractivity contribution in [3.8, 4) is 0 Å². The SMILES string of the molecule is O=c1c2ccc(Br)cc2n2c3cc(Br)ccc3c(=O)c3cccc1c32. The number of hydrogen-bond donors (Lipinski definition) is 0. The first kappa shape index (κ1) is 15.0. The lowest BCUT2D eigenvalue weighted by Crippen LogP contribution is -2.14. The van der Waals surface area contributed by atoms with Gasteiger partial charge in [-0.05, 0) is 48.5 Å². The highest BCUT2D eigenvalue weighted by Gasteiger charge is 2.16. The molecule has 5 heteroatoms. The molecular weight excluding hydrogens is 446 g/mol. The van der Waals surface area contributed by atoms with Crippen LogP contribution in [0.5, 0.6) is 0 Å². The second kappa shape index (κ2) is 5.13. The zero-order valence-corrected chi connectivity index (χ0v) is 15.9. The van der Waals surface area contributed by atoms with Gasteiger partial charge in [0.1, 0.15) is 0 Å². The molecule has 25 heavy (non-hydrogen) atoms. The molecule has 0 atom stereocenters. The molecule has 0 spiro atoms. The maximum atomic E-state index is 13.0. The third-order valence-electron chi connectivity index (χ3n) is 4.64. The predicted octanol–water partition coefficient (Wildman–Crippen LogP) is 5.08. The highest BCUT2D eigenvalue weighted by atomic mass is 79.9. The van der Waals surface area contributed by atoms with Crippen LogP contribution in [0.1, 0.15) is 0 Å². The fourth-order valence-electron chi connectivity index (χ4n) is 3.58. The molecule has 0 unspecified atom stereocenters. The van der Waals surface area contributed by atoms with Gasteiger partial charge < -0.3 is 4.40 Å². The van der Waals surface area contributed by atoms with E-state index >= 15 is 0 Å². The Morgan fingerprint density at radius 2 is 1.12 bits per heavy atom. The minimum atomic E-state index is -0.0538.